The van der Waals surface area contributed by atoms with Gasteiger partial charge >= 0.3 is 6.18 Å². The Balaban J connectivity index is 1.65. The first-order chi connectivity index (χ1) is 15.6. The number of benzene rings is 1. The molecule has 1 aromatic rings. The van der Waals surface area contributed by atoms with E-state index in [4.69, 9.17) is 4.74 Å². The zero-order valence-corrected chi connectivity index (χ0v) is 19.6. The number of hydrogen-bond donors (Lipinski definition) is 1. The molecule has 2 aliphatic rings. The molecule has 0 bridgehead atoms. The summed E-state index contributed by atoms with van der Waals surface area (Å²) in [7, 11) is -3.68. The Hall–Kier alpha value is -1.89. The lowest BCUT2D eigenvalue weighted by Gasteiger charge is -2.34. The maximum atomic E-state index is 13.0. The van der Waals surface area contributed by atoms with Gasteiger partial charge < -0.3 is 10.1 Å². The van der Waals surface area contributed by atoms with Crippen LogP contribution in [0.2, 0.25) is 0 Å². The highest BCUT2D eigenvalue weighted by Crippen LogP contribution is 2.30. The summed E-state index contributed by atoms with van der Waals surface area (Å²) in [5, 5.41) is 2.73. The van der Waals surface area contributed by atoms with E-state index in [1.807, 2.05) is 0 Å². The summed E-state index contributed by atoms with van der Waals surface area (Å²) in [6, 6.07) is 4.42. The molecule has 0 unspecified atom stereocenters. The second-order valence-corrected chi connectivity index (χ2v) is 10.2. The zero-order valence-electron chi connectivity index (χ0n) is 18.7. The van der Waals surface area contributed by atoms with Gasteiger partial charge in [-0.25, -0.2) is 8.42 Å². The molecule has 2 aliphatic heterocycles. The third kappa shape index (κ3) is 7.29. The standard InChI is InChI=1S/C21H31F3N4O4S/c1-2-32-19-7-6-17(33(30,31)28-8-4-3-5-9-28)14-18(19)25-20(29)15-26-10-12-27(13-11-26)16-21(22,23)24/h6-7,14H,2-5,8-13,15-16H2,1H3,(H,25,29). The summed E-state index contributed by atoms with van der Waals surface area (Å²) in [6.45, 7) is 3.22. The van der Waals surface area contributed by atoms with Crippen LogP contribution in [-0.2, 0) is 14.8 Å². The predicted octanol–water partition coefficient (Wildman–Crippen LogP) is 2.38. The minimum Gasteiger partial charge on any atom is -0.492 e. The van der Waals surface area contributed by atoms with Crippen molar-refractivity contribution >= 4 is 21.6 Å². The molecular weight excluding hydrogens is 461 g/mol. The second-order valence-electron chi connectivity index (χ2n) is 8.27. The molecule has 0 radical (unpaired) electrons. The van der Waals surface area contributed by atoms with E-state index in [-0.39, 0.29) is 36.1 Å². The average molecular weight is 493 g/mol. The van der Waals surface area contributed by atoms with Gasteiger partial charge in [0.25, 0.3) is 0 Å². The highest BCUT2D eigenvalue weighted by atomic mass is 32.2. The quantitative estimate of drug-likeness (QED) is 0.600. The number of amides is 1. The summed E-state index contributed by atoms with van der Waals surface area (Å²) in [6.07, 6.45) is -1.61. The molecule has 0 aliphatic carbocycles. The number of piperazine rings is 1. The highest BCUT2D eigenvalue weighted by molar-refractivity contribution is 7.89. The first kappa shape index (κ1) is 25.7. The molecule has 186 valence electrons. The largest absolute Gasteiger partial charge is 0.492 e. The van der Waals surface area contributed by atoms with E-state index in [0.29, 0.717) is 38.5 Å². The van der Waals surface area contributed by atoms with Crippen molar-refractivity contribution in [2.45, 2.75) is 37.3 Å². The van der Waals surface area contributed by atoms with Crippen molar-refractivity contribution in [2.75, 3.05) is 64.3 Å². The van der Waals surface area contributed by atoms with Crippen LogP contribution in [0.25, 0.3) is 0 Å². The van der Waals surface area contributed by atoms with E-state index >= 15 is 0 Å². The van der Waals surface area contributed by atoms with Crippen molar-refractivity contribution in [1.82, 2.24) is 14.1 Å². The van der Waals surface area contributed by atoms with Gasteiger partial charge in [-0.1, -0.05) is 6.42 Å². The van der Waals surface area contributed by atoms with Crippen LogP contribution < -0.4 is 10.1 Å². The number of alkyl halides is 3. The first-order valence-electron chi connectivity index (χ1n) is 11.2. The number of nitrogens with one attached hydrogen (secondary N) is 1. The van der Waals surface area contributed by atoms with Crippen LogP contribution in [0.15, 0.2) is 23.1 Å². The molecule has 0 saturated carbocycles. The summed E-state index contributed by atoms with van der Waals surface area (Å²) in [5.74, 6) is -0.0221. The van der Waals surface area contributed by atoms with Gasteiger partial charge in [0.2, 0.25) is 15.9 Å². The predicted molar refractivity (Wildman–Crippen MR) is 118 cm³/mol. The molecule has 2 fully saturated rings. The van der Waals surface area contributed by atoms with Crippen LogP contribution in [0.1, 0.15) is 26.2 Å². The molecule has 12 heteroatoms. The minimum atomic E-state index is -4.24. The molecule has 0 aromatic heterocycles. The van der Waals surface area contributed by atoms with Crippen LogP contribution in [0.5, 0.6) is 5.75 Å². The number of rotatable bonds is 8. The van der Waals surface area contributed by atoms with Gasteiger partial charge in [-0.15, -0.1) is 0 Å². The number of anilines is 1. The SMILES string of the molecule is CCOc1ccc(S(=O)(=O)N2CCCCC2)cc1NC(=O)CN1CCN(CC(F)(F)F)CC1. The summed E-state index contributed by atoms with van der Waals surface area (Å²) < 4.78 is 70.7. The number of sulfonamides is 1. The van der Waals surface area contributed by atoms with Gasteiger partial charge in [0, 0.05) is 39.3 Å². The van der Waals surface area contributed by atoms with Crippen LogP contribution in [0.3, 0.4) is 0 Å². The Kier molecular flexibility index (Phi) is 8.59. The lowest BCUT2D eigenvalue weighted by atomic mass is 10.2. The first-order valence-corrected chi connectivity index (χ1v) is 12.6. The topological polar surface area (TPSA) is 82.2 Å². The number of piperidine rings is 1. The zero-order chi connectivity index (χ0) is 24.1. The third-order valence-electron chi connectivity index (χ3n) is 5.71. The van der Waals surface area contributed by atoms with Crippen molar-refractivity contribution in [3.05, 3.63) is 18.2 Å². The number of carbonyl (C=O) groups is 1. The Morgan fingerprint density at radius 3 is 2.27 bits per heavy atom. The van der Waals surface area contributed by atoms with Crippen LogP contribution >= 0.6 is 0 Å². The van der Waals surface area contributed by atoms with E-state index in [0.717, 1.165) is 19.3 Å². The fourth-order valence-corrected chi connectivity index (χ4v) is 5.60. The van der Waals surface area contributed by atoms with E-state index in [1.54, 1.807) is 11.8 Å². The van der Waals surface area contributed by atoms with E-state index < -0.39 is 22.7 Å². The van der Waals surface area contributed by atoms with Gasteiger partial charge in [0.15, 0.2) is 0 Å². The molecule has 0 spiro atoms. The van der Waals surface area contributed by atoms with Crippen LogP contribution in [-0.4, -0.2) is 93.6 Å². The number of carbonyl (C=O) groups excluding carboxylic acids is 1. The van der Waals surface area contributed by atoms with Crippen molar-refractivity contribution < 1.29 is 31.1 Å². The van der Waals surface area contributed by atoms with Gasteiger partial charge in [0.05, 0.1) is 30.3 Å². The Morgan fingerprint density at radius 2 is 1.67 bits per heavy atom. The Labute approximate surface area is 192 Å². The van der Waals surface area contributed by atoms with Crippen molar-refractivity contribution in [1.29, 1.82) is 0 Å². The molecule has 2 heterocycles. The summed E-state index contributed by atoms with van der Waals surface area (Å²) in [4.78, 5) is 15.8. The molecule has 2 saturated heterocycles. The van der Waals surface area contributed by atoms with Crippen molar-refractivity contribution in [2.24, 2.45) is 0 Å². The van der Waals surface area contributed by atoms with E-state index in [2.05, 4.69) is 5.32 Å². The summed E-state index contributed by atoms with van der Waals surface area (Å²) >= 11 is 0. The number of halogens is 3. The van der Waals surface area contributed by atoms with Crippen molar-refractivity contribution in [3.63, 3.8) is 0 Å². The molecule has 1 aromatic carbocycles. The van der Waals surface area contributed by atoms with Crippen molar-refractivity contribution in [3.8, 4) is 5.75 Å². The van der Waals surface area contributed by atoms with E-state index in [1.165, 1.54) is 27.4 Å². The van der Waals surface area contributed by atoms with Gasteiger partial charge in [-0.2, -0.15) is 17.5 Å². The number of hydrogen-bond acceptors (Lipinski definition) is 6. The molecule has 1 amide bonds. The highest BCUT2D eigenvalue weighted by Gasteiger charge is 2.32. The number of nitrogens with zero attached hydrogens (tertiary/aromatic N) is 3. The fraction of sp³-hybridized carbons (Fsp3) is 0.667. The van der Waals surface area contributed by atoms with Gasteiger partial charge in [-0.05, 0) is 38.0 Å². The monoisotopic (exact) mass is 492 g/mol. The Bertz CT molecular complexity index is 913. The lowest BCUT2D eigenvalue weighted by Crippen LogP contribution is -2.50. The van der Waals surface area contributed by atoms with Crippen LogP contribution in [0, 0.1) is 0 Å². The maximum absolute atomic E-state index is 13.0. The normalized spacial score (nSPS) is 19.4. The third-order valence-corrected chi connectivity index (χ3v) is 7.61. The fourth-order valence-electron chi connectivity index (χ4n) is 4.05. The lowest BCUT2D eigenvalue weighted by molar-refractivity contribution is -0.149. The second kappa shape index (κ2) is 11.0. The molecular formula is C21H31F3N4O4S. The molecule has 33 heavy (non-hydrogen) atoms. The minimum absolute atomic E-state index is 0.00543. The summed E-state index contributed by atoms with van der Waals surface area (Å²) in [5.41, 5.74) is 0.260. The van der Waals surface area contributed by atoms with Crippen LogP contribution in [0.4, 0.5) is 18.9 Å². The number of ether oxygens (including phenoxy) is 1. The molecule has 0 atom stereocenters. The smallest absolute Gasteiger partial charge is 0.401 e. The van der Waals surface area contributed by atoms with Gasteiger partial charge in [0.1, 0.15) is 5.75 Å². The molecule has 8 nitrogen and oxygen atoms in total. The average Bonchev–Trinajstić information content (AvgIpc) is 2.76. The van der Waals surface area contributed by atoms with Gasteiger partial charge in [-0.3, -0.25) is 14.6 Å². The Morgan fingerprint density at radius 1 is 1.03 bits per heavy atom. The maximum Gasteiger partial charge on any atom is 0.401 e. The van der Waals surface area contributed by atoms with E-state index in [9.17, 15) is 26.4 Å². The molecule has 3 rings (SSSR count). The molecule has 1 N–H and O–H groups in total.